The van der Waals surface area contributed by atoms with Crippen LogP contribution in [0.5, 0.6) is 5.75 Å². The highest BCUT2D eigenvalue weighted by Crippen LogP contribution is 2.35. The number of carbonyl (C=O) groups is 1. The molecule has 1 aliphatic heterocycles. The van der Waals surface area contributed by atoms with Crippen LogP contribution in [0.2, 0.25) is 0 Å². The van der Waals surface area contributed by atoms with E-state index in [0.29, 0.717) is 30.8 Å². The van der Waals surface area contributed by atoms with Crippen molar-refractivity contribution >= 4 is 11.6 Å². The lowest BCUT2D eigenvalue weighted by Crippen LogP contribution is -2.46. The number of hydrogen-bond acceptors (Lipinski definition) is 4. The molecule has 0 fully saturated rings. The van der Waals surface area contributed by atoms with Gasteiger partial charge in [-0.1, -0.05) is 13.0 Å². The van der Waals surface area contributed by atoms with E-state index in [1.807, 2.05) is 6.92 Å². The van der Waals surface area contributed by atoms with Gasteiger partial charge >= 0.3 is 0 Å². The van der Waals surface area contributed by atoms with Gasteiger partial charge < -0.3 is 19.8 Å². The molecule has 1 atom stereocenters. The van der Waals surface area contributed by atoms with Crippen LogP contribution in [-0.2, 0) is 11.4 Å². The molecule has 1 unspecified atom stereocenters. The highest BCUT2D eigenvalue weighted by molar-refractivity contribution is 6.00. The Morgan fingerprint density at radius 2 is 2.16 bits per heavy atom. The maximum Gasteiger partial charge on any atom is 0.268 e. The van der Waals surface area contributed by atoms with Crippen LogP contribution in [-0.4, -0.2) is 35.4 Å². The van der Waals surface area contributed by atoms with Gasteiger partial charge in [0, 0.05) is 13.2 Å². The number of aliphatic hydroxyl groups excluding tert-OH is 2. The van der Waals surface area contributed by atoms with Gasteiger partial charge in [-0.15, -0.1) is 0 Å². The van der Waals surface area contributed by atoms with E-state index < -0.39 is 6.10 Å². The van der Waals surface area contributed by atoms with E-state index in [0.717, 1.165) is 5.56 Å². The number of anilines is 1. The van der Waals surface area contributed by atoms with E-state index in [-0.39, 0.29) is 19.1 Å². The van der Waals surface area contributed by atoms with Crippen LogP contribution >= 0.6 is 0 Å². The van der Waals surface area contributed by atoms with Gasteiger partial charge in [-0.2, -0.15) is 0 Å². The van der Waals surface area contributed by atoms with E-state index in [4.69, 9.17) is 9.84 Å². The zero-order valence-electron chi connectivity index (χ0n) is 11.0. The molecular formula is C14H19NO4. The third kappa shape index (κ3) is 2.72. The van der Waals surface area contributed by atoms with Crippen molar-refractivity contribution in [1.82, 2.24) is 0 Å². The van der Waals surface area contributed by atoms with E-state index >= 15 is 0 Å². The Morgan fingerprint density at radius 3 is 2.79 bits per heavy atom. The molecular weight excluding hydrogens is 246 g/mol. The summed E-state index contributed by atoms with van der Waals surface area (Å²) in [7, 11) is 0. The van der Waals surface area contributed by atoms with Gasteiger partial charge in [-0.05, 0) is 30.5 Å². The lowest BCUT2D eigenvalue weighted by molar-refractivity contribution is -0.126. The first-order chi connectivity index (χ1) is 9.21. The number of hydrogen-bond donors (Lipinski definition) is 2. The summed E-state index contributed by atoms with van der Waals surface area (Å²) >= 11 is 0. The Hall–Kier alpha value is -1.59. The van der Waals surface area contributed by atoms with Crippen molar-refractivity contribution in [2.45, 2.75) is 32.5 Å². The molecule has 2 N–H and O–H groups in total. The van der Waals surface area contributed by atoms with Gasteiger partial charge in [0.05, 0.1) is 12.3 Å². The van der Waals surface area contributed by atoms with Crippen molar-refractivity contribution in [2.75, 3.05) is 18.1 Å². The SMILES string of the molecule is CCC1Oc2ccc(CO)cc2N(CCCO)C1=O. The average Bonchev–Trinajstić information content (AvgIpc) is 2.45. The Bertz CT molecular complexity index is 461. The number of fused-ring (bicyclic) bond motifs is 1. The normalized spacial score (nSPS) is 18.2. The van der Waals surface area contributed by atoms with Gasteiger partial charge in [-0.3, -0.25) is 4.79 Å². The number of carbonyl (C=O) groups excluding carboxylic acids is 1. The predicted molar refractivity (Wildman–Crippen MR) is 71.1 cm³/mol. The predicted octanol–water partition coefficient (Wildman–Crippen LogP) is 1.07. The molecule has 5 heteroatoms. The summed E-state index contributed by atoms with van der Waals surface area (Å²) in [6, 6.07) is 5.32. The van der Waals surface area contributed by atoms with Crippen LogP contribution in [0.15, 0.2) is 18.2 Å². The van der Waals surface area contributed by atoms with Crippen molar-refractivity contribution in [3.63, 3.8) is 0 Å². The summed E-state index contributed by atoms with van der Waals surface area (Å²) in [4.78, 5) is 13.9. The van der Waals surface area contributed by atoms with Crippen LogP contribution < -0.4 is 9.64 Å². The minimum atomic E-state index is -0.467. The monoisotopic (exact) mass is 265 g/mol. The maximum absolute atomic E-state index is 12.3. The summed E-state index contributed by atoms with van der Waals surface area (Å²) in [6.07, 6.45) is 0.659. The van der Waals surface area contributed by atoms with Crippen molar-refractivity contribution < 1.29 is 19.7 Å². The zero-order chi connectivity index (χ0) is 13.8. The summed E-state index contributed by atoms with van der Waals surface area (Å²) in [5, 5.41) is 18.1. The van der Waals surface area contributed by atoms with E-state index in [9.17, 15) is 9.90 Å². The van der Waals surface area contributed by atoms with E-state index in [1.165, 1.54) is 0 Å². The first-order valence-electron chi connectivity index (χ1n) is 6.54. The van der Waals surface area contributed by atoms with Crippen LogP contribution in [0.4, 0.5) is 5.69 Å². The number of ether oxygens (including phenoxy) is 1. The number of aliphatic hydroxyl groups is 2. The molecule has 0 radical (unpaired) electrons. The van der Waals surface area contributed by atoms with Gasteiger partial charge in [0.1, 0.15) is 5.75 Å². The Kier molecular flexibility index (Phi) is 4.39. The second-order valence-corrected chi connectivity index (χ2v) is 4.54. The molecule has 0 saturated carbocycles. The lowest BCUT2D eigenvalue weighted by Gasteiger charge is -2.34. The molecule has 19 heavy (non-hydrogen) atoms. The fourth-order valence-electron chi connectivity index (χ4n) is 2.19. The number of rotatable bonds is 5. The molecule has 0 aromatic heterocycles. The fourth-order valence-corrected chi connectivity index (χ4v) is 2.19. The molecule has 2 rings (SSSR count). The third-order valence-corrected chi connectivity index (χ3v) is 3.22. The van der Waals surface area contributed by atoms with Crippen LogP contribution in [0.3, 0.4) is 0 Å². The minimum Gasteiger partial charge on any atom is -0.478 e. The molecule has 1 aromatic rings. The van der Waals surface area contributed by atoms with Gasteiger partial charge in [0.15, 0.2) is 6.10 Å². The highest BCUT2D eigenvalue weighted by atomic mass is 16.5. The fraction of sp³-hybridized carbons (Fsp3) is 0.500. The number of amides is 1. The molecule has 0 bridgehead atoms. The summed E-state index contributed by atoms with van der Waals surface area (Å²) in [5.74, 6) is 0.570. The van der Waals surface area contributed by atoms with Crippen molar-refractivity contribution in [3.05, 3.63) is 23.8 Å². The topological polar surface area (TPSA) is 70.0 Å². The molecule has 0 aliphatic carbocycles. The molecule has 1 aromatic carbocycles. The van der Waals surface area contributed by atoms with Crippen LogP contribution in [0, 0.1) is 0 Å². The Morgan fingerprint density at radius 1 is 1.37 bits per heavy atom. The number of benzene rings is 1. The minimum absolute atomic E-state index is 0.0381. The van der Waals surface area contributed by atoms with Crippen molar-refractivity contribution in [2.24, 2.45) is 0 Å². The standard InChI is InChI=1S/C14H19NO4/c1-2-12-14(18)15(6-3-7-16)11-8-10(9-17)4-5-13(11)19-12/h4-5,8,12,16-17H,2-3,6-7,9H2,1H3. The highest BCUT2D eigenvalue weighted by Gasteiger charge is 2.32. The van der Waals surface area contributed by atoms with E-state index in [1.54, 1.807) is 23.1 Å². The zero-order valence-corrected chi connectivity index (χ0v) is 11.0. The molecule has 1 aliphatic rings. The molecule has 0 spiro atoms. The van der Waals surface area contributed by atoms with Crippen LogP contribution in [0.1, 0.15) is 25.3 Å². The molecule has 1 amide bonds. The summed E-state index contributed by atoms with van der Waals surface area (Å²) < 4.78 is 5.67. The Labute approximate surface area is 112 Å². The third-order valence-electron chi connectivity index (χ3n) is 3.22. The number of nitrogens with zero attached hydrogens (tertiary/aromatic N) is 1. The van der Waals surface area contributed by atoms with Gasteiger partial charge in [0.2, 0.25) is 0 Å². The molecule has 5 nitrogen and oxygen atoms in total. The van der Waals surface area contributed by atoms with Crippen LogP contribution in [0.25, 0.3) is 0 Å². The largest absolute Gasteiger partial charge is 0.478 e. The second-order valence-electron chi connectivity index (χ2n) is 4.54. The summed E-state index contributed by atoms with van der Waals surface area (Å²) in [6.45, 7) is 2.32. The lowest BCUT2D eigenvalue weighted by atomic mass is 10.1. The van der Waals surface area contributed by atoms with Gasteiger partial charge in [0.25, 0.3) is 5.91 Å². The average molecular weight is 265 g/mol. The first-order valence-corrected chi connectivity index (χ1v) is 6.54. The van der Waals surface area contributed by atoms with Crippen molar-refractivity contribution in [1.29, 1.82) is 0 Å². The quantitative estimate of drug-likeness (QED) is 0.835. The van der Waals surface area contributed by atoms with Gasteiger partial charge in [-0.25, -0.2) is 0 Å². The van der Waals surface area contributed by atoms with Crippen molar-refractivity contribution in [3.8, 4) is 5.75 Å². The second kappa shape index (κ2) is 6.04. The molecule has 1 heterocycles. The maximum atomic E-state index is 12.3. The van der Waals surface area contributed by atoms with E-state index in [2.05, 4.69) is 0 Å². The smallest absolute Gasteiger partial charge is 0.268 e. The molecule has 0 saturated heterocycles. The first kappa shape index (κ1) is 13.8. The molecule has 104 valence electrons. The Balaban J connectivity index is 2.36. The summed E-state index contributed by atoms with van der Waals surface area (Å²) in [5.41, 5.74) is 1.41.